The molecule has 0 unspecified atom stereocenters. The Bertz CT molecular complexity index is 699. The molecule has 3 nitrogen and oxygen atoms in total. The highest BCUT2D eigenvalue weighted by molar-refractivity contribution is 5.80. The summed E-state index contributed by atoms with van der Waals surface area (Å²) in [6.45, 7) is 4.49. The van der Waals surface area contributed by atoms with Crippen LogP contribution in [0.5, 0.6) is 0 Å². The summed E-state index contributed by atoms with van der Waals surface area (Å²) >= 11 is 0. The number of para-hydroxylation sites is 1. The average Bonchev–Trinajstić information content (AvgIpc) is 2.70. The van der Waals surface area contributed by atoms with Crippen molar-refractivity contribution in [3.63, 3.8) is 0 Å². The van der Waals surface area contributed by atoms with Crippen LogP contribution in [0.4, 0.5) is 11.5 Å². The van der Waals surface area contributed by atoms with Gasteiger partial charge in [0, 0.05) is 36.3 Å². The van der Waals surface area contributed by atoms with Crippen molar-refractivity contribution in [2.24, 2.45) is 4.99 Å². The standard InChI is InChI=1S/C18H19N3/c1-18(2)14-8-4-5-9-15(14)21(3)16(18)11-13-20-17-10-6-7-12-19-17/h4-13H,1-3H3/b16-11-,20-13+. The van der Waals surface area contributed by atoms with E-state index in [0.29, 0.717) is 0 Å². The van der Waals surface area contributed by atoms with Crippen LogP contribution in [-0.2, 0) is 5.41 Å². The van der Waals surface area contributed by atoms with Crippen LogP contribution in [0.1, 0.15) is 19.4 Å². The van der Waals surface area contributed by atoms with E-state index in [-0.39, 0.29) is 5.41 Å². The summed E-state index contributed by atoms with van der Waals surface area (Å²) in [5.74, 6) is 0.727. The molecule has 1 aliphatic rings. The van der Waals surface area contributed by atoms with Crippen LogP contribution in [-0.4, -0.2) is 18.2 Å². The maximum absolute atomic E-state index is 4.39. The molecule has 0 radical (unpaired) electrons. The predicted octanol–water partition coefficient (Wildman–Crippen LogP) is 4.10. The largest absolute Gasteiger partial charge is 0.347 e. The van der Waals surface area contributed by atoms with Crippen molar-refractivity contribution in [3.8, 4) is 0 Å². The lowest BCUT2D eigenvalue weighted by molar-refractivity contribution is 0.641. The van der Waals surface area contributed by atoms with Gasteiger partial charge in [0.25, 0.3) is 0 Å². The number of hydrogen-bond donors (Lipinski definition) is 0. The summed E-state index contributed by atoms with van der Waals surface area (Å²) in [6, 6.07) is 14.3. The molecule has 0 fully saturated rings. The molecule has 21 heavy (non-hydrogen) atoms. The van der Waals surface area contributed by atoms with Gasteiger partial charge in [0.15, 0.2) is 5.82 Å². The normalized spacial score (nSPS) is 18.4. The Labute approximate surface area is 125 Å². The summed E-state index contributed by atoms with van der Waals surface area (Å²) in [5.41, 5.74) is 3.84. The third-order valence-corrected chi connectivity index (χ3v) is 4.03. The lowest BCUT2D eigenvalue weighted by atomic mass is 9.84. The van der Waals surface area contributed by atoms with E-state index in [0.717, 1.165) is 5.82 Å². The molecule has 1 aromatic heterocycles. The summed E-state index contributed by atoms with van der Waals surface area (Å²) in [7, 11) is 2.11. The number of rotatable bonds is 2. The number of benzene rings is 1. The molecule has 1 aromatic carbocycles. The monoisotopic (exact) mass is 277 g/mol. The number of likely N-dealkylation sites (N-methyl/N-ethyl adjacent to an activating group) is 1. The van der Waals surface area contributed by atoms with E-state index < -0.39 is 0 Å². The van der Waals surface area contributed by atoms with Gasteiger partial charge in [0.05, 0.1) is 0 Å². The zero-order valence-corrected chi connectivity index (χ0v) is 12.6. The van der Waals surface area contributed by atoms with Crippen LogP contribution >= 0.6 is 0 Å². The number of allylic oxidation sites excluding steroid dienone is 2. The second kappa shape index (κ2) is 5.17. The van der Waals surface area contributed by atoms with Gasteiger partial charge in [-0.15, -0.1) is 0 Å². The molecule has 3 rings (SSSR count). The molecule has 0 saturated carbocycles. The molecule has 3 heteroatoms. The van der Waals surface area contributed by atoms with Crippen molar-refractivity contribution in [2.75, 3.05) is 11.9 Å². The number of hydrogen-bond acceptors (Lipinski definition) is 3. The van der Waals surface area contributed by atoms with Crippen molar-refractivity contribution in [1.82, 2.24) is 4.98 Å². The van der Waals surface area contributed by atoms with Gasteiger partial charge >= 0.3 is 0 Å². The van der Waals surface area contributed by atoms with Gasteiger partial charge in [-0.1, -0.05) is 38.1 Å². The SMILES string of the molecule is CN1/C(=C\C=N\c2ccccn2)C(C)(C)c2ccccc21. The zero-order valence-electron chi connectivity index (χ0n) is 12.6. The van der Waals surface area contributed by atoms with Crippen LogP contribution in [0, 0.1) is 0 Å². The summed E-state index contributed by atoms with van der Waals surface area (Å²) in [5, 5.41) is 0. The Morgan fingerprint density at radius 1 is 1.10 bits per heavy atom. The summed E-state index contributed by atoms with van der Waals surface area (Å²) < 4.78 is 0. The number of aliphatic imine (C=N–C) groups is 1. The van der Waals surface area contributed by atoms with Crippen LogP contribution in [0.3, 0.4) is 0 Å². The molecule has 106 valence electrons. The molecule has 2 heterocycles. The molecule has 0 amide bonds. The van der Waals surface area contributed by atoms with E-state index in [1.165, 1.54) is 16.9 Å². The fraction of sp³-hybridized carbons (Fsp3) is 0.222. The Hall–Kier alpha value is -2.42. The second-order valence-electron chi connectivity index (χ2n) is 5.72. The highest BCUT2D eigenvalue weighted by atomic mass is 15.2. The molecule has 0 aliphatic carbocycles. The van der Waals surface area contributed by atoms with Gasteiger partial charge in [-0.05, 0) is 29.8 Å². The van der Waals surface area contributed by atoms with E-state index in [4.69, 9.17) is 0 Å². The summed E-state index contributed by atoms with van der Waals surface area (Å²) in [4.78, 5) is 10.8. The smallest absolute Gasteiger partial charge is 0.151 e. The van der Waals surface area contributed by atoms with E-state index in [1.54, 1.807) is 6.20 Å². The Morgan fingerprint density at radius 2 is 1.86 bits per heavy atom. The summed E-state index contributed by atoms with van der Waals surface area (Å²) in [6.07, 6.45) is 5.66. The van der Waals surface area contributed by atoms with Crippen molar-refractivity contribution >= 4 is 17.7 Å². The number of nitrogens with zero attached hydrogens (tertiary/aromatic N) is 3. The van der Waals surface area contributed by atoms with Crippen LogP contribution < -0.4 is 4.90 Å². The van der Waals surface area contributed by atoms with Crippen molar-refractivity contribution in [3.05, 3.63) is 66.0 Å². The van der Waals surface area contributed by atoms with Crippen LogP contribution in [0.2, 0.25) is 0 Å². The Kier molecular flexibility index (Phi) is 3.34. The molecular weight excluding hydrogens is 258 g/mol. The number of pyridine rings is 1. The van der Waals surface area contributed by atoms with Gasteiger partial charge in [-0.2, -0.15) is 0 Å². The lowest BCUT2D eigenvalue weighted by Gasteiger charge is -2.23. The van der Waals surface area contributed by atoms with Gasteiger partial charge < -0.3 is 4.90 Å². The Morgan fingerprint density at radius 3 is 2.57 bits per heavy atom. The molecule has 0 spiro atoms. The third-order valence-electron chi connectivity index (χ3n) is 4.03. The minimum absolute atomic E-state index is 0.0124. The molecule has 1 aliphatic heterocycles. The number of aromatic nitrogens is 1. The van der Waals surface area contributed by atoms with E-state index in [9.17, 15) is 0 Å². The molecule has 0 bridgehead atoms. The quantitative estimate of drug-likeness (QED) is 0.773. The Balaban J connectivity index is 1.93. The first kappa shape index (κ1) is 13.6. The molecular formula is C18H19N3. The van der Waals surface area contributed by atoms with Gasteiger partial charge in [-0.25, -0.2) is 9.98 Å². The number of fused-ring (bicyclic) bond motifs is 1. The maximum Gasteiger partial charge on any atom is 0.151 e. The molecule has 2 aromatic rings. The van der Waals surface area contributed by atoms with E-state index >= 15 is 0 Å². The molecule has 0 atom stereocenters. The topological polar surface area (TPSA) is 28.5 Å². The predicted molar refractivity (Wildman–Crippen MR) is 88.3 cm³/mol. The van der Waals surface area contributed by atoms with Crippen molar-refractivity contribution in [2.45, 2.75) is 19.3 Å². The molecule has 0 saturated heterocycles. The van der Waals surface area contributed by atoms with Crippen LogP contribution in [0.25, 0.3) is 0 Å². The lowest BCUT2D eigenvalue weighted by Crippen LogP contribution is -2.23. The minimum atomic E-state index is -0.0124. The van der Waals surface area contributed by atoms with Crippen molar-refractivity contribution in [1.29, 1.82) is 0 Å². The van der Waals surface area contributed by atoms with E-state index in [2.05, 4.69) is 66.1 Å². The highest BCUT2D eigenvalue weighted by Gasteiger charge is 2.37. The fourth-order valence-electron chi connectivity index (χ4n) is 2.92. The first-order valence-electron chi connectivity index (χ1n) is 7.10. The molecule has 0 N–H and O–H groups in total. The highest BCUT2D eigenvalue weighted by Crippen LogP contribution is 2.46. The first-order chi connectivity index (χ1) is 10.1. The van der Waals surface area contributed by atoms with Gasteiger partial charge in [-0.3, -0.25) is 0 Å². The van der Waals surface area contributed by atoms with Gasteiger partial charge in [0.1, 0.15) is 0 Å². The number of anilines is 1. The minimum Gasteiger partial charge on any atom is -0.347 e. The fourth-order valence-corrected chi connectivity index (χ4v) is 2.92. The van der Waals surface area contributed by atoms with E-state index in [1.807, 2.05) is 24.4 Å². The second-order valence-corrected chi connectivity index (χ2v) is 5.72. The third kappa shape index (κ3) is 2.35. The average molecular weight is 277 g/mol. The first-order valence-corrected chi connectivity index (χ1v) is 7.10. The van der Waals surface area contributed by atoms with Crippen LogP contribution in [0.15, 0.2) is 65.4 Å². The van der Waals surface area contributed by atoms with Crippen molar-refractivity contribution < 1.29 is 0 Å². The van der Waals surface area contributed by atoms with Gasteiger partial charge in [0.2, 0.25) is 0 Å². The zero-order chi connectivity index (χ0) is 14.9. The maximum atomic E-state index is 4.39.